The zero-order valence-corrected chi connectivity index (χ0v) is 17.1. The van der Waals surface area contributed by atoms with Gasteiger partial charge in [-0.25, -0.2) is 4.98 Å². The van der Waals surface area contributed by atoms with Crippen LogP contribution in [0.3, 0.4) is 0 Å². The van der Waals surface area contributed by atoms with Crippen LogP contribution >= 0.6 is 23.1 Å². The van der Waals surface area contributed by atoms with Crippen LogP contribution in [-0.4, -0.2) is 47.4 Å². The molecule has 29 heavy (non-hydrogen) atoms. The molecule has 1 atom stereocenters. The van der Waals surface area contributed by atoms with E-state index in [-0.39, 0.29) is 5.78 Å². The Labute approximate surface area is 175 Å². The average molecular weight is 428 g/mol. The second-order valence-corrected chi connectivity index (χ2v) is 8.48. The predicted octanol–water partition coefficient (Wildman–Crippen LogP) is 3.35. The zero-order chi connectivity index (χ0) is 20.4. The fraction of sp³-hybridized carbons (Fsp3) is 0.200. The molecule has 7 nitrogen and oxygen atoms in total. The smallest absolute Gasteiger partial charge is 0.286 e. The Hall–Kier alpha value is -2.91. The van der Waals surface area contributed by atoms with E-state index in [0.717, 1.165) is 15.3 Å². The van der Waals surface area contributed by atoms with Gasteiger partial charge in [-0.2, -0.15) is 0 Å². The highest BCUT2D eigenvalue weighted by molar-refractivity contribution is 8.16. The number of aromatic nitrogens is 1. The first kappa shape index (κ1) is 19.4. The van der Waals surface area contributed by atoms with Crippen LogP contribution in [0.15, 0.2) is 48.5 Å². The molecule has 1 fully saturated rings. The Kier molecular flexibility index (Phi) is 5.50. The normalized spacial score (nSPS) is 16.1. The van der Waals surface area contributed by atoms with Crippen molar-refractivity contribution in [1.82, 2.24) is 10.3 Å². The minimum Gasteiger partial charge on any atom is -0.492 e. The Morgan fingerprint density at radius 1 is 1.17 bits per heavy atom. The number of amides is 2. The number of thiazole rings is 1. The third-order valence-electron chi connectivity index (χ3n) is 4.37. The number of carbonyl (C=O) groups is 3. The number of ether oxygens (including phenoxy) is 1. The maximum Gasteiger partial charge on any atom is 0.286 e. The lowest BCUT2D eigenvalue weighted by Crippen LogP contribution is -2.29. The molecule has 2 aromatic carbocycles. The van der Waals surface area contributed by atoms with Crippen molar-refractivity contribution >= 4 is 55.4 Å². The van der Waals surface area contributed by atoms with Crippen LogP contribution in [0.1, 0.15) is 10.4 Å². The number of hydrogen-bond donors (Lipinski definition) is 1. The molecule has 9 heteroatoms. The van der Waals surface area contributed by atoms with E-state index in [2.05, 4.69) is 10.3 Å². The third-order valence-corrected chi connectivity index (χ3v) is 6.50. The number of para-hydroxylation sites is 1. The van der Waals surface area contributed by atoms with Crippen molar-refractivity contribution in [3.05, 3.63) is 54.1 Å². The molecule has 0 saturated carbocycles. The Balaban J connectivity index is 1.31. The summed E-state index contributed by atoms with van der Waals surface area (Å²) in [6, 6.07) is 14.6. The summed E-state index contributed by atoms with van der Waals surface area (Å²) in [7, 11) is 1.97. The van der Waals surface area contributed by atoms with E-state index < -0.39 is 16.4 Å². The Bertz CT molecular complexity index is 1050. The van der Waals surface area contributed by atoms with Crippen molar-refractivity contribution in [2.75, 3.05) is 25.1 Å². The number of ketones is 1. The molecule has 1 N–H and O–H groups in total. The van der Waals surface area contributed by atoms with Crippen LogP contribution in [-0.2, 0) is 4.79 Å². The second-order valence-electron chi connectivity index (χ2n) is 6.40. The first-order valence-corrected chi connectivity index (χ1v) is 10.6. The van der Waals surface area contributed by atoms with E-state index in [1.807, 2.05) is 36.2 Å². The molecule has 0 bridgehead atoms. The van der Waals surface area contributed by atoms with Crippen LogP contribution in [0, 0.1) is 0 Å². The fourth-order valence-electron chi connectivity index (χ4n) is 2.81. The largest absolute Gasteiger partial charge is 0.492 e. The molecule has 1 aromatic heterocycles. The number of fused-ring (bicyclic) bond motifs is 1. The molecule has 1 aliphatic rings. The van der Waals surface area contributed by atoms with E-state index in [0.29, 0.717) is 36.2 Å². The average Bonchev–Trinajstić information content (AvgIpc) is 3.30. The molecule has 0 radical (unpaired) electrons. The molecule has 3 aromatic rings. The van der Waals surface area contributed by atoms with Gasteiger partial charge in [0, 0.05) is 12.6 Å². The lowest BCUT2D eigenvalue weighted by molar-refractivity contribution is -0.118. The summed E-state index contributed by atoms with van der Waals surface area (Å²) in [6.45, 7) is 1.11. The summed E-state index contributed by atoms with van der Waals surface area (Å²) >= 11 is 2.34. The van der Waals surface area contributed by atoms with Crippen LogP contribution in [0.2, 0.25) is 0 Å². The van der Waals surface area contributed by atoms with Crippen molar-refractivity contribution in [2.24, 2.45) is 0 Å². The van der Waals surface area contributed by atoms with Crippen LogP contribution < -0.4 is 15.0 Å². The number of nitrogens with one attached hydrogen (secondary N) is 1. The van der Waals surface area contributed by atoms with Gasteiger partial charge in [0.25, 0.3) is 5.24 Å². The summed E-state index contributed by atoms with van der Waals surface area (Å²) in [5.74, 6) is -0.331. The summed E-state index contributed by atoms with van der Waals surface area (Å²) < 4.78 is 6.90. The van der Waals surface area contributed by atoms with Gasteiger partial charge < -0.3 is 9.64 Å². The maximum atomic E-state index is 12.4. The minimum atomic E-state index is -1.02. The standard InChI is InChI=1S/C20H17N3O4S2/c1-23(19-21-14-4-2-3-5-15(14)28-19)10-11-27-13-8-6-12(7-9-13)16(24)17-18(25)22-20(26)29-17/h2-9,17H,10-11H2,1H3,(H,22,25,26). The van der Waals surface area contributed by atoms with Crippen molar-refractivity contribution in [3.8, 4) is 5.75 Å². The number of likely N-dealkylation sites (N-methyl/N-ethyl adjacent to an activating group) is 1. The highest BCUT2D eigenvalue weighted by Crippen LogP contribution is 2.28. The van der Waals surface area contributed by atoms with E-state index in [4.69, 9.17) is 4.74 Å². The summed E-state index contributed by atoms with van der Waals surface area (Å²) in [6.07, 6.45) is 0. The van der Waals surface area contributed by atoms with Gasteiger partial charge in [0.15, 0.2) is 16.2 Å². The van der Waals surface area contributed by atoms with Crippen molar-refractivity contribution in [2.45, 2.75) is 5.25 Å². The van der Waals surface area contributed by atoms with Crippen molar-refractivity contribution in [1.29, 1.82) is 0 Å². The number of rotatable bonds is 7. The molecule has 2 amide bonds. The van der Waals surface area contributed by atoms with Crippen molar-refractivity contribution < 1.29 is 19.1 Å². The first-order valence-electron chi connectivity index (χ1n) is 8.86. The first-order chi connectivity index (χ1) is 14.0. The molecule has 1 unspecified atom stereocenters. The van der Waals surface area contributed by atoms with E-state index >= 15 is 0 Å². The van der Waals surface area contributed by atoms with Crippen LogP contribution in [0.5, 0.6) is 5.75 Å². The number of carbonyl (C=O) groups excluding carboxylic acids is 3. The van der Waals surface area contributed by atoms with Crippen molar-refractivity contribution in [3.63, 3.8) is 0 Å². The molecular weight excluding hydrogens is 410 g/mol. The molecule has 1 aliphatic heterocycles. The highest BCUT2D eigenvalue weighted by atomic mass is 32.2. The van der Waals surface area contributed by atoms with E-state index in [1.165, 1.54) is 0 Å². The molecule has 2 heterocycles. The number of hydrogen-bond acceptors (Lipinski definition) is 8. The molecular formula is C20H17N3O4S2. The summed E-state index contributed by atoms with van der Waals surface area (Å²) in [4.78, 5) is 41.9. The number of anilines is 1. The number of imide groups is 1. The van der Waals surface area contributed by atoms with Gasteiger partial charge in [-0.15, -0.1) is 0 Å². The minimum absolute atomic E-state index is 0.367. The van der Waals surface area contributed by atoms with Crippen LogP contribution in [0.25, 0.3) is 10.2 Å². The van der Waals surface area contributed by atoms with Gasteiger partial charge >= 0.3 is 0 Å². The van der Waals surface area contributed by atoms with Gasteiger partial charge in [-0.05, 0) is 48.2 Å². The van der Waals surface area contributed by atoms with Gasteiger partial charge in [-0.3, -0.25) is 19.7 Å². The van der Waals surface area contributed by atoms with Gasteiger partial charge in [0.1, 0.15) is 12.4 Å². The molecule has 0 spiro atoms. The molecule has 4 rings (SSSR count). The lowest BCUT2D eigenvalue weighted by atomic mass is 10.1. The predicted molar refractivity (Wildman–Crippen MR) is 114 cm³/mol. The molecule has 148 valence electrons. The highest BCUT2D eigenvalue weighted by Gasteiger charge is 2.37. The molecule has 0 aliphatic carbocycles. The Morgan fingerprint density at radius 2 is 1.93 bits per heavy atom. The third kappa shape index (κ3) is 4.25. The maximum absolute atomic E-state index is 12.4. The second kappa shape index (κ2) is 8.22. The monoisotopic (exact) mass is 427 g/mol. The quantitative estimate of drug-likeness (QED) is 0.457. The Morgan fingerprint density at radius 3 is 2.62 bits per heavy atom. The zero-order valence-electron chi connectivity index (χ0n) is 15.5. The number of benzene rings is 2. The van der Waals surface area contributed by atoms with E-state index in [1.54, 1.807) is 35.6 Å². The lowest BCUT2D eigenvalue weighted by Gasteiger charge is -2.16. The number of Topliss-reactive ketones (excluding diaryl/α,β-unsaturated/α-hetero) is 1. The summed E-state index contributed by atoms with van der Waals surface area (Å²) in [5, 5.41) is 1.54. The number of thioether (sulfide) groups is 1. The van der Waals surface area contributed by atoms with Crippen LogP contribution in [0.4, 0.5) is 9.93 Å². The number of nitrogens with zero attached hydrogens (tertiary/aromatic N) is 2. The topological polar surface area (TPSA) is 88.6 Å². The molecule has 1 saturated heterocycles. The fourth-order valence-corrected chi connectivity index (χ4v) is 4.55. The van der Waals surface area contributed by atoms with Gasteiger partial charge in [0.05, 0.1) is 16.8 Å². The van der Waals surface area contributed by atoms with Gasteiger partial charge in [-0.1, -0.05) is 23.5 Å². The SMILES string of the molecule is CN(CCOc1ccc(C(=O)C2SC(=O)NC2=O)cc1)c1nc2ccccc2s1. The van der Waals surface area contributed by atoms with Gasteiger partial charge in [0.2, 0.25) is 5.91 Å². The van der Waals surface area contributed by atoms with E-state index in [9.17, 15) is 14.4 Å². The summed E-state index contributed by atoms with van der Waals surface area (Å²) in [5.41, 5.74) is 1.35.